The lowest BCUT2D eigenvalue weighted by Crippen LogP contribution is -2.13. The third-order valence-corrected chi connectivity index (χ3v) is 2.28. The van der Waals surface area contributed by atoms with Crippen LogP contribution in [0.3, 0.4) is 0 Å². The van der Waals surface area contributed by atoms with Crippen LogP contribution >= 0.6 is 0 Å². The van der Waals surface area contributed by atoms with E-state index in [0.717, 1.165) is 0 Å². The van der Waals surface area contributed by atoms with Crippen LogP contribution in [0.15, 0.2) is 24.3 Å². The van der Waals surface area contributed by atoms with Gasteiger partial charge in [-0.05, 0) is 23.5 Å². The summed E-state index contributed by atoms with van der Waals surface area (Å²) in [5.74, 6) is 0. The summed E-state index contributed by atoms with van der Waals surface area (Å²) in [6.07, 6.45) is 0. The average molecular weight is 177 g/mol. The molecular formula is C12H19N. The summed E-state index contributed by atoms with van der Waals surface area (Å²) < 4.78 is 0. The molecule has 1 nitrogen and oxygen atoms in total. The Kier molecular flexibility index (Phi) is 2.77. The Balaban J connectivity index is 3.06. The minimum Gasteiger partial charge on any atom is -0.324 e. The van der Waals surface area contributed by atoms with Crippen molar-refractivity contribution < 1.29 is 0 Å². The first-order chi connectivity index (χ1) is 5.91. The topological polar surface area (TPSA) is 26.0 Å². The van der Waals surface area contributed by atoms with Crippen LogP contribution in [0.5, 0.6) is 0 Å². The summed E-state index contributed by atoms with van der Waals surface area (Å²) in [4.78, 5) is 0. The third-order valence-electron chi connectivity index (χ3n) is 2.28. The van der Waals surface area contributed by atoms with E-state index in [1.807, 2.05) is 6.92 Å². The van der Waals surface area contributed by atoms with Crippen LogP contribution < -0.4 is 5.73 Å². The van der Waals surface area contributed by atoms with E-state index in [1.54, 1.807) is 0 Å². The van der Waals surface area contributed by atoms with Crippen LogP contribution in [0.1, 0.15) is 44.9 Å². The van der Waals surface area contributed by atoms with E-state index < -0.39 is 0 Å². The molecule has 0 aromatic heterocycles. The van der Waals surface area contributed by atoms with Crippen LogP contribution in [-0.4, -0.2) is 0 Å². The van der Waals surface area contributed by atoms with E-state index in [9.17, 15) is 0 Å². The fourth-order valence-corrected chi connectivity index (χ4v) is 1.29. The smallest absolute Gasteiger partial charge is 0.0266 e. The molecule has 13 heavy (non-hydrogen) atoms. The molecule has 0 amide bonds. The molecule has 1 unspecified atom stereocenters. The quantitative estimate of drug-likeness (QED) is 0.701. The Morgan fingerprint density at radius 2 is 1.85 bits per heavy atom. The van der Waals surface area contributed by atoms with E-state index in [4.69, 9.17) is 5.73 Å². The summed E-state index contributed by atoms with van der Waals surface area (Å²) >= 11 is 0. The highest BCUT2D eigenvalue weighted by molar-refractivity contribution is 5.29. The van der Waals surface area contributed by atoms with Crippen molar-refractivity contribution in [3.05, 3.63) is 35.4 Å². The van der Waals surface area contributed by atoms with E-state index in [1.165, 1.54) is 11.1 Å². The highest BCUT2D eigenvalue weighted by atomic mass is 14.6. The lowest BCUT2D eigenvalue weighted by molar-refractivity contribution is 0.588. The van der Waals surface area contributed by atoms with Gasteiger partial charge in [0.1, 0.15) is 0 Å². The van der Waals surface area contributed by atoms with Gasteiger partial charge in [0, 0.05) is 6.04 Å². The maximum Gasteiger partial charge on any atom is 0.0266 e. The van der Waals surface area contributed by atoms with Gasteiger partial charge in [-0.3, -0.25) is 0 Å². The number of benzene rings is 1. The molecule has 1 rings (SSSR count). The van der Waals surface area contributed by atoms with Gasteiger partial charge >= 0.3 is 0 Å². The molecular weight excluding hydrogens is 158 g/mol. The maximum atomic E-state index is 5.83. The zero-order valence-electron chi connectivity index (χ0n) is 8.96. The Labute approximate surface area is 81.0 Å². The number of hydrogen-bond acceptors (Lipinski definition) is 1. The lowest BCUT2D eigenvalue weighted by Gasteiger charge is -2.20. The normalized spacial score (nSPS) is 14.2. The van der Waals surface area contributed by atoms with Crippen LogP contribution in [0.2, 0.25) is 0 Å². The van der Waals surface area contributed by atoms with Gasteiger partial charge in [-0.25, -0.2) is 0 Å². The Morgan fingerprint density at radius 3 is 2.31 bits per heavy atom. The molecule has 1 atom stereocenters. The van der Waals surface area contributed by atoms with Crippen LogP contribution in [0.4, 0.5) is 0 Å². The molecule has 0 aliphatic rings. The molecule has 72 valence electrons. The monoisotopic (exact) mass is 177 g/mol. The van der Waals surface area contributed by atoms with Gasteiger partial charge in [0.05, 0.1) is 0 Å². The Morgan fingerprint density at radius 1 is 1.23 bits per heavy atom. The molecule has 0 saturated heterocycles. The standard InChI is InChI=1S/C12H19N/c1-9(13)10-6-5-7-11(8-10)12(2,3)4/h5-9H,13H2,1-4H3. The molecule has 1 heteroatoms. The molecule has 0 heterocycles. The number of rotatable bonds is 1. The minimum atomic E-state index is 0.127. The maximum absolute atomic E-state index is 5.83. The predicted molar refractivity (Wildman–Crippen MR) is 57.7 cm³/mol. The molecule has 1 aromatic carbocycles. The minimum absolute atomic E-state index is 0.127. The second-order valence-electron chi connectivity index (χ2n) is 4.66. The highest BCUT2D eigenvalue weighted by Crippen LogP contribution is 2.24. The van der Waals surface area contributed by atoms with Crippen molar-refractivity contribution in [3.8, 4) is 0 Å². The fraction of sp³-hybridized carbons (Fsp3) is 0.500. The summed E-state index contributed by atoms with van der Waals surface area (Å²) in [7, 11) is 0. The highest BCUT2D eigenvalue weighted by Gasteiger charge is 2.13. The number of nitrogens with two attached hydrogens (primary N) is 1. The van der Waals surface area contributed by atoms with Gasteiger partial charge in [-0.1, -0.05) is 45.0 Å². The molecule has 0 fully saturated rings. The largest absolute Gasteiger partial charge is 0.324 e. The van der Waals surface area contributed by atoms with Crippen molar-refractivity contribution >= 4 is 0 Å². The summed E-state index contributed by atoms with van der Waals surface area (Å²) in [5.41, 5.74) is 8.60. The molecule has 0 aliphatic carbocycles. The van der Waals surface area contributed by atoms with Gasteiger partial charge in [0.2, 0.25) is 0 Å². The molecule has 1 aromatic rings. The van der Waals surface area contributed by atoms with Crippen molar-refractivity contribution in [2.24, 2.45) is 5.73 Å². The number of hydrogen-bond donors (Lipinski definition) is 1. The predicted octanol–water partition coefficient (Wildman–Crippen LogP) is 3.00. The molecule has 0 saturated carbocycles. The van der Waals surface area contributed by atoms with Crippen LogP contribution in [0.25, 0.3) is 0 Å². The van der Waals surface area contributed by atoms with E-state index >= 15 is 0 Å². The van der Waals surface area contributed by atoms with E-state index in [0.29, 0.717) is 0 Å². The van der Waals surface area contributed by atoms with Crippen molar-refractivity contribution in [1.29, 1.82) is 0 Å². The first-order valence-electron chi connectivity index (χ1n) is 4.77. The van der Waals surface area contributed by atoms with Gasteiger partial charge < -0.3 is 5.73 Å². The van der Waals surface area contributed by atoms with Crippen molar-refractivity contribution in [2.75, 3.05) is 0 Å². The fourth-order valence-electron chi connectivity index (χ4n) is 1.29. The van der Waals surface area contributed by atoms with Crippen LogP contribution in [0, 0.1) is 0 Å². The summed E-state index contributed by atoms with van der Waals surface area (Å²) in [5, 5.41) is 0. The molecule has 2 N–H and O–H groups in total. The zero-order chi connectivity index (χ0) is 10.1. The molecule has 0 aliphatic heterocycles. The van der Waals surface area contributed by atoms with E-state index in [-0.39, 0.29) is 11.5 Å². The van der Waals surface area contributed by atoms with Crippen molar-refractivity contribution in [1.82, 2.24) is 0 Å². The molecule has 0 radical (unpaired) electrons. The molecule has 0 bridgehead atoms. The first-order valence-corrected chi connectivity index (χ1v) is 4.77. The Hall–Kier alpha value is -0.820. The average Bonchev–Trinajstić information content (AvgIpc) is 2.03. The van der Waals surface area contributed by atoms with Crippen LogP contribution in [-0.2, 0) is 5.41 Å². The lowest BCUT2D eigenvalue weighted by atomic mass is 9.85. The second-order valence-corrected chi connectivity index (χ2v) is 4.66. The van der Waals surface area contributed by atoms with Gasteiger partial charge in [-0.2, -0.15) is 0 Å². The molecule has 0 spiro atoms. The van der Waals surface area contributed by atoms with Crippen molar-refractivity contribution in [3.63, 3.8) is 0 Å². The van der Waals surface area contributed by atoms with Crippen molar-refractivity contribution in [2.45, 2.75) is 39.2 Å². The summed E-state index contributed by atoms with van der Waals surface area (Å²) in [6.45, 7) is 8.66. The first kappa shape index (κ1) is 10.3. The van der Waals surface area contributed by atoms with Gasteiger partial charge in [0.15, 0.2) is 0 Å². The zero-order valence-corrected chi connectivity index (χ0v) is 8.96. The van der Waals surface area contributed by atoms with Gasteiger partial charge in [0.25, 0.3) is 0 Å². The Bertz CT molecular complexity index is 281. The van der Waals surface area contributed by atoms with E-state index in [2.05, 4.69) is 45.0 Å². The third kappa shape index (κ3) is 2.56. The summed E-state index contributed by atoms with van der Waals surface area (Å²) in [6, 6.07) is 8.65. The SMILES string of the molecule is CC(N)c1cccc(C(C)(C)C)c1. The second kappa shape index (κ2) is 3.51. The van der Waals surface area contributed by atoms with Gasteiger partial charge in [-0.15, -0.1) is 0 Å².